The highest BCUT2D eigenvalue weighted by atomic mass is 16.5. The van der Waals surface area contributed by atoms with Crippen LogP contribution in [0.4, 0.5) is 10.5 Å². The molecule has 0 aromatic heterocycles. The van der Waals surface area contributed by atoms with E-state index in [0.717, 1.165) is 37.4 Å². The van der Waals surface area contributed by atoms with Crippen LogP contribution in [-0.4, -0.2) is 43.0 Å². The van der Waals surface area contributed by atoms with Crippen molar-refractivity contribution in [2.24, 2.45) is 11.8 Å². The van der Waals surface area contributed by atoms with E-state index >= 15 is 0 Å². The van der Waals surface area contributed by atoms with Crippen LogP contribution < -0.4 is 15.4 Å². The van der Waals surface area contributed by atoms with E-state index in [1.807, 2.05) is 25.1 Å². The molecule has 7 nitrogen and oxygen atoms in total. The molecule has 0 atom stereocenters. The first-order chi connectivity index (χ1) is 13.5. The number of aliphatic carboxylic acids is 1. The number of carboxylic acids is 1. The Labute approximate surface area is 165 Å². The molecule has 1 saturated heterocycles. The van der Waals surface area contributed by atoms with Gasteiger partial charge in [-0.1, -0.05) is 6.07 Å². The van der Waals surface area contributed by atoms with Crippen molar-refractivity contribution in [1.82, 2.24) is 5.32 Å². The van der Waals surface area contributed by atoms with Crippen LogP contribution in [0.25, 0.3) is 0 Å². The summed E-state index contributed by atoms with van der Waals surface area (Å²) in [4.78, 5) is 23.3. The van der Waals surface area contributed by atoms with Gasteiger partial charge in [0.15, 0.2) is 0 Å². The van der Waals surface area contributed by atoms with E-state index < -0.39 is 5.97 Å². The van der Waals surface area contributed by atoms with Gasteiger partial charge in [0.1, 0.15) is 5.75 Å². The summed E-state index contributed by atoms with van der Waals surface area (Å²) in [6.45, 7) is 4.24. The minimum absolute atomic E-state index is 0.0188. The van der Waals surface area contributed by atoms with Crippen molar-refractivity contribution in [1.29, 1.82) is 0 Å². The molecule has 1 aromatic carbocycles. The second kappa shape index (κ2) is 9.78. The lowest BCUT2D eigenvalue weighted by Crippen LogP contribution is -2.40. The molecule has 2 aliphatic rings. The molecular formula is C21H30N2O5. The number of benzene rings is 1. The normalized spacial score (nSPS) is 23.0. The van der Waals surface area contributed by atoms with Crippen molar-refractivity contribution < 1.29 is 24.2 Å². The SMILES string of the molecule is Cc1ccc(NC(=O)NC2CCC(C(=O)O)CC2)cc1OCC1CCOCC1. The zero-order valence-corrected chi connectivity index (χ0v) is 16.4. The van der Waals surface area contributed by atoms with Crippen molar-refractivity contribution in [2.75, 3.05) is 25.1 Å². The Kier molecular flexibility index (Phi) is 7.14. The van der Waals surface area contributed by atoms with Crippen LogP contribution in [0.5, 0.6) is 5.75 Å². The van der Waals surface area contributed by atoms with Gasteiger partial charge in [0.05, 0.1) is 12.5 Å². The molecule has 1 saturated carbocycles. The third-order valence-corrected chi connectivity index (χ3v) is 5.67. The smallest absolute Gasteiger partial charge is 0.319 e. The lowest BCUT2D eigenvalue weighted by molar-refractivity contribution is -0.142. The Bertz CT molecular complexity index is 679. The predicted molar refractivity (Wildman–Crippen MR) is 106 cm³/mol. The van der Waals surface area contributed by atoms with Crippen LogP contribution in [0.15, 0.2) is 18.2 Å². The first kappa shape index (κ1) is 20.5. The molecule has 154 valence electrons. The van der Waals surface area contributed by atoms with Crippen molar-refractivity contribution in [3.05, 3.63) is 23.8 Å². The minimum atomic E-state index is -0.740. The molecule has 1 aliphatic carbocycles. The summed E-state index contributed by atoms with van der Waals surface area (Å²) in [5.74, 6) is 0.268. The van der Waals surface area contributed by atoms with Gasteiger partial charge in [0.25, 0.3) is 0 Å². The molecule has 0 radical (unpaired) electrons. The van der Waals surface area contributed by atoms with E-state index in [1.54, 1.807) is 0 Å². The predicted octanol–water partition coefficient (Wildman–Crippen LogP) is 3.57. The summed E-state index contributed by atoms with van der Waals surface area (Å²) < 4.78 is 11.4. The molecule has 1 aromatic rings. The fourth-order valence-electron chi connectivity index (χ4n) is 3.79. The third-order valence-electron chi connectivity index (χ3n) is 5.67. The third kappa shape index (κ3) is 5.86. The Hall–Kier alpha value is -2.28. The molecule has 1 heterocycles. The Morgan fingerprint density at radius 1 is 1.14 bits per heavy atom. The molecule has 7 heteroatoms. The highest BCUT2D eigenvalue weighted by Crippen LogP contribution is 2.26. The summed E-state index contributed by atoms with van der Waals surface area (Å²) in [5.41, 5.74) is 1.72. The number of carbonyl (C=O) groups is 2. The Morgan fingerprint density at radius 3 is 2.54 bits per heavy atom. The van der Waals surface area contributed by atoms with Crippen molar-refractivity contribution >= 4 is 17.7 Å². The number of carboxylic acid groups (broad SMARTS) is 1. The summed E-state index contributed by atoms with van der Waals surface area (Å²) >= 11 is 0. The fraction of sp³-hybridized carbons (Fsp3) is 0.619. The lowest BCUT2D eigenvalue weighted by atomic mass is 9.86. The maximum absolute atomic E-state index is 12.3. The number of hydrogen-bond donors (Lipinski definition) is 3. The van der Waals surface area contributed by atoms with Gasteiger partial charge in [-0.2, -0.15) is 0 Å². The van der Waals surface area contributed by atoms with Gasteiger partial charge in [-0.25, -0.2) is 4.79 Å². The van der Waals surface area contributed by atoms with E-state index in [2.05, 4.69) is 10.6 Å². The lowest BCUT2D eigenvalue weighted by Gasteiger charge is -2.27. The zero-order chi connectivity index (χ0) is 19.9. The van der Waals surface area contributed by atoms with Gasteiger partial charge < -0.3 is 25.2 Å². The molecule has 3 N–H and O–H groups in total. The minimum Gasteiger partial charge on any atom is -0.493 e. The second-order valence-corrected chi connectivity index (χ2v) is 7.83. The molecule has 3 rings (SSSR count). The number of anilines is 1. The van der Waals surface area contributed by atoms with Gasteiger partial charge in [-0.15, -0.1) is 0 Å². The number of urea groups is 1. The van der Waals surface area contributed by atoms with Gasteiger partial charge in [-0.05, 0) is 63.0 Å². The van der Waals surface area contributed by atoms with Gasteiger partial charge in [0.2, 0.25) is 0 Å². The first-order valence-electron chi connectivity index (χ1n) is 10.1. The highest BCUT2D eigenvalue weighted by molar-refractivity contribution is 5.89. The molecule has 0 unspecified atom stereocenters. The second-order valence-electron chi connectivity index (χ2n) is 7.83. The summed E-state index contributed by atoms with van der Waals surface area (Å²) in [5, 5.41) is 14.9. The van der Waals surface area contributed by atoms with Crippen LogP contribution in [0, 0.1) is 18.8 Å². The van der Waals surface area contributed by atoms with E-state index in [9.17, 15) is 9.59 Å². The summed E-state index contributed by atoms with van der Waals surface area (Å²) in [6, 6.07) is 5.41. The maximum atomic E-state index is 12.3. The van der Waals surface area contributed by atoms with E-state index in [1.165, 1.54) is 0 Å². The monoisotopic (exact) mass is 390 g/mol. The van der Waals surface area contributed by atoms with Crippen molar-refractivity contribution in [3.63, 3.8) is 0 Å². The van der Waals surface area contributed by atoms with Gasteiger partial charge >= 0.3 is 12.0 Å². The summed E-state index contributed by atoms with van der Waals surface area (Å²) in [6.07, 6.45) is 4.63. The van der Waals surface area contributed by atoms with E-state index in [0.29, 0.717) is 43.9 Å². The van der Waals surface area contributed by atoms with Crippen molar-refractivity contribution in [2.45, 2.75) is 51.5 Å². The number of carbonyl (C=O) groups excluding carboxylic acids is 1. The molecule has 0 bridgehead atoms. The van der Waals surface area contributed by atoms with Crippen LogP contribution in [0.3, 0.4) is 0 Å². The number of nitrogens with one attached hydrogen (secondary N) is 2. The Morgan fingerprint density at radius 2 is 1.86 bits per heavy atom. The average Bonchev–Trinajstić information content (AvgIpc) is 2.69. The number of rotatable bonds is 6. The van der Waals surface area contributed by atoms with Crippen molar-refractivity contribution in [3.8, 4) is 5.75 Å². The number of hydrogen-bond acceptors (Lipinski definition) is 4. The summed E-state index contributed by atoms with van der Waals surface area (Å²) in [7, 11) is 0. The largest absolute Gasteiger partial charge is 0.493 e. The topological polar surface area (TPSA) is 96.9 Å². The number of amides is 2. The van der Waals surface area contributed by atoms with E-state index in [4.69, 9.17) is 14.6 Å². The fourth-order valence-corrected chi connectivity index (χ4v) is 3.79. The van der Waals surface area contributed by atoms with Gasteiger partial charge in [0, 0.05) is 31.0 Å². The van der Waals surface area contributed by atoms with Crippen LogP contribution >= 0.6 is 0 Å². The Balaban J connectivity index is 1.48. The number of ether oxygens (including phenoxy) is 2. The average molecular weight is 390 g/mol. The number of aryl methyl sites for hydroxylation is 1. The molecule has 2 fully saturated rings. The zero-order valence-electron chi connectivity index (χ0n) is 16.4. The maximum Gasteiger partial charge on any atom is 0.319 e. The molecule has 28 heavy (non-hydrogen) atoms. The van der Waals surface area contributed by atoms with Gasteiger partial charge in [-0.3, -0.25) is 4.79 Å². The molecule has 1 aliphatic heterocycles. The molecule has 0 spiro atoms. The molecule has 2 amide bonds. The molecular weight excluding hydrogens is 360 g/mol. The van der Waals surface area contributed by atoms with Crippen LogP contribution in [0.1, 0.15) is 44.1 Å². The first-order valence-corrected chi connectivity index (χ1v) is 10.1. The van der Waals surface area contributed by atoms with Crippen LogP contribution in [-0.2, 0) is 9.53 Å². The quantitative estimate of drug-likeness (QED) is 0.690. The van der Waals surface area contributed by atoms with E-state index in [-0.39, 0.29) is 18.0 Å². The standard InChI is InChI=1S/C21H30N2O5/c1-14-2-5-18(12-19(14)28-13-15-8-10-27-11-9-15)23-21(26)22-17-6-3-16(4-7-17)20(24)25/h2,5,12,15-17H,3-4,6-11,13H2,1H3,(H,24,25)(H2,22,23,26). The van der Waals surface area contributed by atoms with Crippen LogP contribution in [0.2, 0.25) is 0 Å². The highest BCUT2D eigenvalue weighted by Gasteiger charge is 2.26.